The van der Waals surface area contributed by atoms with E-state index in [2.05, 4.69) is 11.0 Å². The van der Waals surface area contributed by atoms with Gasteiger partial charge in [0.15, 0.2) is 9.84 Å². The third kappa shape index (κ3) is 3.26. The van der Waals surface area contributed by atoms with Crippen LogP contribution in [0.4, 0.5) is 0 Å². The number of hydrogen-bond donors (Lipinski definition) is 0. The van der Waals surface area contributed by atoms with E-state index in [1.807, 2.05) is 47.1 Å². The van der Waals surface area contributed by atoms with Crippen LogP contribution in [0, 0.1) is 11.3 Å². The van der Waals surface area contributed by atoms with Crippen molar-refractivity contribution in [3.63, 3.8) is 0 Å². The Morgan fingerprint density at radius 3 is 2.85 bits per heavy atom. The van der Waals surface area contributed by atoms with Gasteiger partial charge in [-0.25, -0.2) is 8.42 Å². The van der Waals surface area contributed by atoms with Gasteiger partial charge in [0.25, 0.3) is 0 Å². The monoisotopic (exact) mass is 369 g/mol. The second kappa shape index (κ2) is 6.63. The Kier molecular flexibility index (Phi) is 4.31. The topological polar surface area (TPSA) is 78.7 Å². The fourth-order valence-electron chi connectivity index (χ4n) is 3.63. The predicted molar refractivity (Wildman–Crippen MR) is 97.1 cm³/mol. The summed E-state index contributed by atoms with van der Waals surface area (Å²) >= 11 is 0. The summed E-state index contributed by atoms with van der Waals surface area (Å²) in [5.74, 6) is 1.16. The largest absolute Gasteiger partial charge is 0.468 e. The highest BCUT2D eigenvalue weighted by atomic mass is 32.2. The van der Waals surface area contributed by atoms with E-state index in [1.54, 1.807) is 6.26 Å². The van der Waals surface area contributed by atoms with E-state index >= 15 is 0 Å². The molecule has 4 heterocycles. The van der Waals surface area contributed by atoms with E-state index in [-0.39, 0.29) is 17.5 Å². The Bertz CT molecular complexity index is 1060. The summed E-state index contributed by atoms with van der Waals surface area (Å²) in [5, 5.41) is 9.63. The Morgan fingerprint density at radius 1 is 1.27 bits per heavy atom. The number of furan rings is 1. The molecule has 0 radical (unpaired) electrons. The molecule has 0 saturated carbocycles. The smallest absolute Gasteiger partial charge is 0.151 e. The van der Waals surface area contributed by atoms with E-state index in [0.29, 0.717) is 25.1 Å². The van der Waals surface area contributed by atoms with Crippen molar-refractivity contribution in [3.8, 4) is 6.07 Å². The molecule has 134 valence electrons. The molecule has 0 N–H and O–H groups in total. The third-order valence-electron chi connectivity index (χ3n) is 4.91. The predicted octanol–water partition coefficient (Wildman–Crippen LogP) is 2.59. The van der Waals surface area contributed by atoms with Crippen LogP contribution in [-0.4, -0.2) is 35.3 Å². The van der Waals surface area contributed by atoms with Crippen LogP contribution in [0.25, 0.3) is 5.52 Å². The zero-order valence-corrected chi connectivity index (χ0v) is 15.0. The molecule has 1 unspecified atom stereocenters. The van der Waals surface area contributed by atoms with Gasteiger partial charge in [0.1, 0.15) is 11.8 Å². The first-order valence-corrected chi connectivity index (χ1v) is 10.3. The second-order valence-electron chi connectivity index (χ2n) is 6.68. The molecule has 0 amide bonds. The third-order valence-corrected chi connectivity index (χ3v) is 6.66. The number of pyridine rings is 1. The lowest BCUT2D eigenvalue weighted by molar-refractivity contribution is 0.179. The second-order valence-corrected chi connectivity index (χ2v) is 8.90. The molecule has 6 nitrogen and oxygen atoms in total. The van der Waals surface area contributed by atoms with Crippen LogP contribution in [0.3, 0.4) is 0 Å². The first kappa shape index (κ1) is 16.9. The van der Waals surface area contributed by atoms with Crippen molar-refractivity contribution in [2.24, 2.45) is 0 Å². The van der Waals surface area contributed by atoms with Gasteiger partial charge in [-0.1, -0.05) is 6.07 Å². The van der Waals surface area contributed by atoms with Crippen molar-refractivity contribution in [1.29, 1.82) is 5.26 Å². The summed E-state index contributed by atoms with van der Waals surface area (Å²) in [5.41, 5.74) is 2.40. The molecular weight excluding hydrogens is 350 g/mol. The van der Waals surface area contributed by atoms with Gasteiger partial charge < -0.3 is 8.82 Å². The van der Waals surface area contributed by atoms with Gasteiger partial charge in [-0.2, -0.15) is 5.26 Å². The minimum absolute atomic E-state index is 0.0698. The van der Waals surface area contributed by atoms with Crippen molar-refractivity contribution in [1.82, 2.24) is 9.30 Å². The molecule has 0 spiro atoms. The fourth-order valence-corrected chi connectivity index (χ4v) is 5.39. The normalized spacial score (nSPS) is 19.2. The standard InChI is InChI=1S/C19H19N3O3S/c20-10-18-15(11-21-7-2-1-5-19(18)21)12-22(13-17-4-3-8-25-17)16-6-9-26(23,24)14-16/h1-5,7-8,11,16H,6,9,12-14H2. The summed E-state index contributed by atoms with van der Waals surface area (Å²) in [4.78, 5) is 2.11. The molecule has 4 rings (SSSR count). The molecule has 26 heavy (non-hydrogen) atoms. The van der Waals surface area contributed by atoms with Crippen LogP contribution >= 0.6 is 0 Å². The quantitative estimate of drug-likeness (QED) is 0.691. The molecule has 0 aliphatic carbocycles. The minimum atomic E-state index is -2.99. The summed E-state index contributed by atoms with van der Waals surface area (Å²) in [6, 6.07) is 11.7. The zero-order chi connectivity index (χ0) is 18.1. The highest BCUT2D eigenvalue weighted by Gasteiger charge is 2.33. The first-order valence-electron chi connectivity index (χ1n) is 8.51. The van der Waals surface area contributed by atoms with E-state index < -0.39 is 9.84 Å². The van der Waals surface area contributed by atoms with Crippen molar-refractivity contribution in [2.75, 3.05) is 11.5 Å². The maximum atomic E-state index is 12.0. The molecule has 0 aromatic carbocycles. The van der Waals surface area contributed by atoms with Crippen molar-refractivity contribution >= 4 is 15.4 Å². The van der Waals surface area contributed by atoms with Crippen LogP contribution in [0.2, 0.25) is 0 Å². The maximum Gasteiger partial charge on any atom is 0.151 e. The van der Waals surface area contributed by atoms with Gasteiger partial charge in [-0.05, 0) is 30.7 Å². The SMILES string of the molecule is N#Cc1c(CN(Cc2ccco2)C2CCS(=O)(=O)C2)cn2ccccc12. The van der Waals surface area contributed by atoms with Crippen LogP contribution in [0.15, 0.2) is 53.4 Å². The van der Waals surface area contributed by atoms with Crippen LogP contribution in [-0.2, 0) is 22.9 Å². The van der Waals surface area contributed by atoms with Crippen molar-refractivity contribution in [2.45, 2.75) is 25.6 Å². The number of aromatic nitrogens is 1. The van der Waals surface area contributed by atoms with Gasteiger partial charge in [0.2, 0.25) is 0 Å². The van der Waals surface area contributed by atoms with Gasteiger partial charge >= 0.3 is 0 Å². The number of sulfone groups is 1. The highest BCUT2D eigenvalue weighted by molar-refractivity contribution is 7.91. The molecule has 7 heteroatoms. The molecule has 1 saturated heterocycles. The minimum Gasteiger partial charge on any atom is -0.468 e. The molecule has 1 atom stereocenters. The van der Waals surface area contributed by atoms with Gasteiger partial charge in [-0.3, -0.25) is 4.90 Å². The molecule has 1 aliphatic rings. The van der Waals surface area contributed by atoms with Crippen LogP contribution in [0.5, 0.6) is 0 Å². The summed E-state index contributed by atoms with van der Waals surface area (Å²) in [6.07, 6.45) is 6.09. The Balaban J connectivity index is 1.67. The summed E-state index contributed by atoms with van der Waals surface area (Å²) in [7, 11) is -2.99. The van der Waals surface area contributed by atoms with Crippen LogP contribution < -0.4 is 0 Å². The average molecular weight is 369 g/mol. The number of fused-ring (bicyclic) bond motifs is 1. The first-order chi connectivity index (χ1) is 12.6. The average Bonchev–Trinajstić information content (AvgIpc) is 3.32. The summed E-state index contributed by atoms with van der Waals surface area (Å²) in [6.45, 7) is 1.02. The van der Waals surface area contributed by atoms with Gasteiger partial charge in [0.05, 0.1) is 35.4 Å². The molecule has 3 aromatic rings. The van der Waals surface area contributed by atoms with E-state index in [9.17, 15) is 13.7 Å². The number of nitrogens with zero attached hydrogens (tertiary/aromatic N) is 3. The Morgan fingerprint density at radius 2 is 2.15 bits per heavy atom. The van der Waals surface area contributed by atoms with E-state index in [4.69, 9.17) is 4.42 Å². The number of hydrogen-bond acceptors (Lipinski definition) is 5. The van der Waals surface area contributed by atoms with E-state index in [1.165, 1.54) is 0 Å². The summed E-state index contributed by atoms with van der Waals surface area (Å²) < 4.78 is 31.3. The lowest BCUT2D eigenvalue weighted by Gasteiger charge is -2.27. The highest BCUT2D eigenvalue weighted by Crippen LogP contribution is 2.25. The Labute approximate surface area is 152 Å². The molecule has 0 bridgehead atoms. The molecule has 1 aliphatic heterocycles. The van der Waals surface area contributed by atoms with Crippen molar-refractivity contribution < 1.29 is 12.8 Å². The molecular formula is C19H19N3O3S. The Hall–Kier alpha value is -2.56. The maximum absolute atomic E-state index is 12.0. The lowest BCUT2D eigenvalue weighted by Crippen LogP contribution is -2.35. The van der Waals surface area contributed by atoms with Gasteiger partial charge in [0, 0.05) is 30.5 Å². The molecule has 3 aromatic heterocycles. The fraction of sp³-hybridized carbons (Fsp3) is 0.316. The zero-order valence-electron chi connectivity index (χ0n) is 14.2. The number of rotatable bonds is 5. The lowest BCUT2D eigenvalue weighted by atomic mass is 10.1. The van der Waals surface area contributed by atoms with Gasteiger partial charge in [-0.15, -0.1) is 0 Å². The number of nitriles is 1. The van der Waals surface area contributed by atoms with Crippen LogP contribution in [0.1, 0.15) is 23.3 Å². The van der Waals surface area contributed by atoms with Crippen molar-refractivity contribution in [3.05, 3.63) is 65.9 Å². The molecule has 1 fully saturated rings. The van der Waals surface area contributed by atoms with E-state index in [0.717, 1.165) is 16.8 Å².